The van der Waals surface area contributed by atoms with Crippen LogP contribution in [-0.2, 0) is 11.3 Å². The Balaban J connectivity index is 1.53. The number of anilines is 2. The second-order valence-corrected chi connectivity index (χ2v) is 5.86. The summed E-state index contributed by atoms with van der Waals surface area (Å²) in [6.07, 6.45) is 5.35. The Morgan fingerprint density at radius 2 is 1.78 bits per heavy atom. The normalized spacial score (nSPS) is 15.4. The minimum atomic E-state index is 0.0715. The summed E-state index contributed by atoms with van der Waals surface area (Å²) in [6.45, 7) is 2.31. The van der Waals surface area contributed by atoms with E-state index < -0.39 is 0 Å². The molecule has 5 nitrogen and oxygen atoms in total. The largest absolute Gasteiger partial charge is 0.371 e. The molecular weight excluding hydrogens is 288 g/mol. The maximum Gasteiger partial charge on any atom is 0.227 e. The average Bonchev–Trinajstić information content (AvgIpc) is 2.63. The smallest absolute Gasteiger partial charge is 0.227 e. The summed E-state index contributed by atoms with van der Waals surface area (Å²) in [6, 6.07) is 11.7. The van der Waals surface area contributed by atoms with Crippen LogP contribution >= 0.6 is 0 Å². The first-order valence-corrected chi connectivity index (χ1v) is 8.01. The second-order valence-electron chi connectivity index (χ2n) is 5.86. The molecule has 0 atom stereocenters. The number of hydrogen-bond acceptors (Lipinski definition) is 4. The molecule has 0 spiro atoms. The Bertz CT molecular complexity index is 634. The van der Waals surface area contributed by atoms with Gasteiger partial charge >= 0.3 is 0 Å². The Morgan fingerprint density at radius 1 is 1.13 bits per heavy atom. The fourth-order valence-electron chi connectivity index (χ4n) is 2.92. The molecule has 0 aliphatic carbocycles. The summed E-state index contributed by atoms with van der Waals surface area (Å²) in [4.78, 5) is 18.8. The Hall–Kier alpha value is -2.40. The van der Waals surface area contributed by atoms with Gasteiger partial charge in [0.25, 0.3) is 0 Å². The van der Waals surface area contributed by atoms with Gasteiger partial charge in [-0.15, -0.1) is 0 Å². The zero-order valence-electron chi connectivity index (χ0n) is 13.1. The minimum Gasteiger partial charge on any atom is -0.371 e. The zero-order chi connectivity index (χ0) is 16.1. The number of piperidine rings is 1. The van der Waals surface area contributed by atoms with Gasteiger partial charge in [-0.25, -0.2) is 0 Å². The lowest BCUT2D eigenvalue weighted by Crippen LogP contribution is -2.38. The number of pyridine rings is 1. The lowest BCUT2D eigenvalue weighted by molar-refractivity contribution is -0.120. The zero-order valence-corrected chi connectivity index (χ0v) is 13.1. The fourth-order valence-corrected chi connectivity index (χ4v) is 2.92. The van der Waals surface area contributed by atoms with Crippen molar-refractivity contribution in [3.8, 4) is 0 Å². The molecule has 1 aliphatic heterocycles. The molecule has 1 amide bonds. The average molecular weight is 310 g/mol. The molecule has 5 heteroatoms. The topological polar surface area (TPSA) is 71.2 Å². The Labute approximate surface area is 136 Å². The lowest BCUT2D eigenvalue weighted by Gasteiger charge is -2.32. The van der Waals surface area contributed by atoms with Gasteiger partial charge < -0.3 is 16.0 Å². The van der Waals surface area contributed by atoms with Crippen LogP contribution in [0.2, 0.25) is 0 Å². The number of aromatic nitrogens is 1. The van der Waals surface area contributed by atoms with Crippen molar-refractivity contribution in [3.63, 3.8) is 0 Å². The van der Waals surface area contributed by atoms with Gasteiger partial charge in [0, 0.05) is 49.3 Å². The first-order valence-electron chi connectivity index (χ1n) is 8.01. The van der Waals surface area contributed by atoms with Gasteiger partial charge in [0.2, 0.25) is 5.91 Å². The molecule has 0 radical (unpaired) electrons. The van der Waals surface area contributed by atoms with E-state index in [-0.39, 0.29) is 11.8 Å². The number of rotatable bonds is 4. The van der Waals surface area contributed by atoms with Gasteiger partial charge in [-0.2, -0.15) is 0 Å². The highest BCUT2D eigenvalue weighted by Gasteiger charge is 2.25. The molecular formula is C18H22N4O. The number of nitrogens with zero attached hydrogens (tertiary/aromatic N) is 2. The number of carbonyl (C=O) groups is 1. The molecule has 23 heavy (non-hydrogen) atoms. The van der Waals surface area contributed by atoms with E-state index >= 15 is 0 Å². The molecule has 0 unspecified atom stereocenters. The van der Waals surface area contributed by atoms with Crippen molar-refractivity contribution in [1.82, 2.24) is 4.98 Å². The molecule has 3 rings (SSSR count). The Morgan fingerprint density at radius 3 is 2.39 bits per heavy atom. The highest BCUT2D eigenvalue weighted by atomic mass is 16.1. The maximum atomic E-state index is 12.4. The standard InChI is InChI=1S/C18H22N4O/c19-13-14-1-3-16(4-2-14)21-18(23)15-7-11-22(12-8-15)17-5-9-20-10-6-17/h1-6,9-10,15H,7-8,11-13,19H2,(H,21,23). The second kappa shape index (κ2) is 7.24. The number of nitrogens with one attached hydrogen (secondary N) is 1. The highest BCUT2D eigenvalue weighted by molar-refractivity contribution is 5.92. The number of benzene rings is 1. The van der Waals surface area contributed by atoms with E-state index in [1.165, 1.54) is 5.69 Å². The molecule has 1 aliphatic rings. The third-order valence-electron chi connectivity index (χ3n) is 4.35. The van der Waals surface area contributed by atoms with E-state index in [9.17, 15) is 4.79 Å². The Kier molecular flexibility index (Phi) is 4.88. The van der Waals surface area contributed by atoms with Crippen LogP contribution in [0.25, 0.3) is 0 Å². The van der Waals surface area contributed by atoms with Gasteiger partial charge in [-0.1, -0.05) is 12.1 Å². The molecule has 0 saturated carbocycles. The van der Waals surface area contributed by atoms with Crippen LogP contribution in [0.3, 0.4) is 0 Å². The van der Waals surface area contributed by atoms with Crippen LogP contribution < -0.4 is 16.0 Å². The van der Waals surface area contributed by atoms with Crippen molar-refractivity contribution in [2.24, 2.45) is 11.7 Å². The number of amides is 1. The molecule has 1 aromatic carbocycles. The van der Waals surface area contributed by atoms with E-state index in [1.807, 2.05) is 36.4 Å². The van der Waals surface area contributed by atoms with Crippen molar-refractivity contribution < 1.29 is 4.79 Å². The first kappa shape index (κ1) is 15.5. The molecule has 1 fully saturated rings. The summed E-state index contributed by atoms with van der Waals surface area (Å²) >= 11 is 0. The summed E-state index contributed by atoms with van der Waals surface area (Å²) < 4.78 is 0. The first-order chi connectivity index (χ1) is 11.3. The van der Waals surface area contributed by atoms with Crippen LogP contribution in [0.15, 0.2) is 48.8 Å². The van der Waals surface area contributed by atoms with Gasteiger partial charge in [0.1, 0.15) is 0 Å². The molecule has 3 N–H and O–H groups in total. The van der Waals surface area contributed by atoms with E-state index in [1.54, 1.807) is 12.4 Å². The molecule has 0 bridgehead atoms. The highest BCUT2D eigenvalue weighted by Crippen LogP contribution is 2.24. The van der Waals surface area contributed by atoms with Gasteiger partial charge in [-0.3, -0.25) is 9.78 Å². The van der Waals surface area contributed by atoms with Crippen molar-refractivity contribution in [3.05, 3.63) is 54.4 Å². The fraction of sp³-hybridized carbons (Fsp3) is 0.333. The van der Waals surface area contributed by atoms with E-state index in [0.717, 1.165) is 37.2 Å². The van der Waals surface area contributed by atoms with Crippen LogP contribution in [0.1, 0.15) is 18.4 Å². The SMILES string of the molecule is NCc1ccc(NC(=O)C2CCN(c3ccncc3)CC2)cc1. The number of hydrogen-bond donors (Lipinski definition) is 2. The molecule has 2 aromatic rings. The predicted octanol–water partition coefficient (Wildman–Crippen LogP) is 2.40. The van der Waals surface area contributed by atoms with Crippen LogP contribution in [0, 0.1) is 5.92 Å². The minimum absolute atomic E-state index is 0.0715. The summed E-state index contributed by atoms with van der Waals surface area (Å²) in [5.74, 6) is 0.183. The number of carbonyl (C=O) groups excluding carboxylic acids is 1. The molecule has 2 heterocycles. The van der Waals surface area contributed by atoms with Gasteiger partial charge in [-0.05, 0) is 42.7 Å². The van der Waals surface area contributed by atoms with Crippen LogP contribution in [-0.4, -0.2) is 24.0 Å². The van der Waals surface area contributed by atoms with E-state index in [4.69, 9.17) is 5.73 Å². The third-order valence-corrected chi connectivity index (χ3v) is 4.35. The van der Waals surface area contributed by atoms with Crippen LogP contribution in [0.4, 0.5) is 11.4 Å². The van der Waals surface area contributed by atoms with Crippen molar-refractivity contribution in [2.45, 2.75) is 19.4 Å². The third kappa shape index (κ3) is 3.87. The maximum absolute atomic E-state index is 12.4. The molecule has 1 saturated heterocycles. The van der Waals surface area contributed by atoms with Gasteiger partial charge in [0.15, 0.2) is 0 Å². The van der Waals surface area contributed by atoms with Crippen molar-refractivity contribution in [2.75, 3.05) is 23.3 Å². The molecule has 120 valence electrons. The molecule has 1 aromatic heterocycles. The van der Waals surface area contributed by atoms with Gasteiger partial charge in [0.05, 0.1) is 0 Å². The van der Waals surface area contributed by atoms with Crippen LogP contribution in [0.5, 0.6) is 0 Å². The van der Waals surface area contributed by atoms with Crippen molar-refractivity contribution in [1.29, 1.82) is 0 Å². The van der Waals surface area contributed by atoms with E-state index in [2.05, 4.69) is 15.2 Å². The van der Waals surface area contributed by atoms with E-state index in [0.29, 0.717) is 6.54 Å². The summed E-state index contributed by atoms with van der Waals surface area (Å²) in [5.41, 5.74) is 8.66. The quantitative estimate of drug-likeness (QED) is 0.909. The van der Waals surface area contributed by atoms with Crippen molar-refractivity contribution >= 4 is 17.3 Å². The monoisotopic (exact) mass is 310 g/mol. The number of nitrogens with two attached hydrogens (primary N) is 1. The predicted molar refractivity (Wildman–Crippen MR) is 92.1 cm³/mol. The summed E-state index contributed by atoms with van der Waals surface area (Å²) in [5, 5.41) is 3.01. The summed E-state index contributed by atoms with van der Waals surface area (Å²) in [7, 11) is 0. The lowest BCUT2D eigenvalue weighted by atomic mass is 9.95.